The van der Waals surface area contributed by atoms with Crippen LogP contribution in [0.2, 0.25) is 0 Å². The second-order valence-electron chi connectivity index (χ2n) is 9.19. The first-order valence-electron chi connectivity index (χ1n) is 12.0. The van der Waals surface area contributed by atoms with Crippen LogP contribution in [0.15, 0.2) is 48.7 Å². The van der Waals surface area contributed by atoms with Gasteiger partial charge in [0.25, 0.3) is 11.8 Å². The van der Waals surface area contributed by atoms with Crippen LogP contribution in [0.4, 0.5) is 36.3 Å². The molecule has 4 N–H and O–H groups in total. The first-order valence-corrected chi connectivity index (χ1v) is 12.0. The number of primary amides is 1. The fraction of sp³-hybridized carbons (Fsp3) is 0.308. The molecule has 13 heteroatoms. The second kappa shape index (κ2) is 11.2. The van der Waals surface area contributed by atoms with Crippen LogP contribution in [0.1, 0.15) is 32.7 Å². The lowest BCUT2D eigenvalue weighted by Gasteiger charge is -2.21. The summed E-state index contributed by atoms with van der Waals surface area (Å²) in [6, 6.07) is 9.91. The molecule has 0 aliphatic carbocycles. The number of halogens is 3. The smallest absolute Gasteiger partial charge is 0.418 e. The third kappa shape index (κ3) is 6.20. The summed E-state index contributed by atoms with van der Waals surface area (Å²) in [4.78, 5) is 37.1. The molecule has 2 amide bonds. The third-order valence-electron chi connectivity index (χ3n) is 6.42. The minimum Gasteiger partial charge on any atom is -0.495 e. The molecule has 1 saturated heterocycles. The first-order chi connectivity index (χ1) is 18.5. The number of alkyl halides is 3. The summed E-state index contributed by atoms with van der Waals surface area (Å²) in [6.07, 6.45) is -2.65. The van der Waals surface area contributed by atoms with Crippen molar-refractivity contribution in [2.75, 3.05) is 44.9 Å². The predicted molar refractivity (Wildman–Crippen MR) is 140 cm³/mol. The number of rotatable bonds is 8. The zero-order chi connectivity index (χ0) is 28.3. The summed E-state index contributed by atoms with van der Waals surface area (Å²) < 4.78 is 45.9. The molecule has 1 aliphatic rings. The highest BCUT2D eigenvalue weighted by Crippen LogP contribution is 2.36. The zero-order valence-corrected chi connectivity index (χ0v) is 21.5. The van der Waals surface area contributed by atoms with E-state index in [9.17, 15) is 22.8 Å². The molecule has 1 atom stereocenters. The molecule has 2 aromatic carbocycles. The summed E-state index contributed by atoms with van der Waals surface area (Å²) in [5, 5.41) is 5.48. The van der Waals surface area contributed by atoms with Gasteiger partial charge in [-0.05, 0) is 50.8 Å². The van der Waals surface area contributed by atoms with Crippen LogP contribution in [-0.4, -0.2) is 71.9 Å². The number of para-hydroxylation sites is 1. The number of carbonyl (C=O) groups is 2. The number of likely N-dealkylation sites (N-methyl/N-ethyl adjacent to an activating group) is 1. The number of likely N-dealkylation sites (tertiary alicyclic amines) is 1. The van der Waals surface area contributed by atoms with Gasteiger partial charge >= 0.3 is 6.18 Å². The van der Waals surface area contributed by atoms with Gasteiger partial charge in [-0.2, -0.15) is 18.2 Å². The van der Waals surface area contributed by atoms with Crippen LogP contribution in [0.5, 0.6) is 5.75 Å². The molecule has 10 nitrogen and oxygen atoms in total. The summed E-state index contributed by atoms with van der Waals surface area (Å²) in [5.41, 5.74) is 4.79. The van der Waals surface area contributed by atoms with Gasteiger partial charge in [0, 0.05) is 30.9 Å². The van der Waals surface area contributed by atoms with E-state index in [0.717, 1.165) is 18.7 Å². The van der Waals surface area contributed by atoms with Crippen molar-refractivity contribution in [1.29, 1.82) is 0 Å². The van der Waals surface area contributed by atoms with E-state index in [2.05, 4.69) is 25.5 Å². The lowest BCUT2D eigenvalue weighted by Crippen LogP contribution is -2.34. The highest BCUT2D eigenvalue weighted by molar-refractivity contribution is 5.98. The quantitative estimate of drug-likeness (QED) is 0.391. The number of nitrogens with zero attached hydrogens (tertiary/aromatic N) is 4. The van der Waals surface area contributed by atoms with Crippen LogP contribution in [0.25, 0.3) is 0 Å². The molecule has 2 heterocycles. The molecule has 1 aromatic heterocycles. The van der Waals surface area contributed by atoms with Crippen LogP contribution < -0.4 is 21.1 Å². The molecule has 1 fully saturated rings. The Morgan fingerprint density at radius 3 is 2.51 bits per heavy atom. The highest BCUT2D eigenvalue weighted by Gasteiger charge is 2.33. The summed E-state index contributed by atoms with van der Waals surface area (Å²) in [5.74, 6) is -0.984. The second-order valence-corrected chi connectivity index (χ2v) is 9.19. The molecule has 1 unspecified atom stereocenters. The number of ether oxygens (including phenoxy) is 1. The van der Waals surface area contributed by atoms with E-state index in [4.69, 9.17) is 10.5 Å². The minimum absolute atomic E-state index is 0.0438. The van der Waals surface area contributed by atoms with Crippen LogP contribution in [0, 0.1) is 0 Å². The number of carbonyl (C=O) groups excluding carboxylic acids is 2. The molecule has 3 aromatic rings. The number of nitrogens with one attached hydrogen (secondary N) is 2. The zero-order valence-electron chi connectivity index (χ0n) is 21.5. The lowest BCUT2D eigenvalue weighted by atomic mass is 10.1. The maximum Gasteiger partial charge on any atom is 0.418 e. The van der Waals surface area contributed by atoms with Crippen molar-refractivity contribution in [3.8, 4) is 5.75 Å². The number of aromatic nitrogens is 2. The number of hydrogen-bond donors (Lipinski definition) is 3. The Bertz CT molecular complexity index is 1380. The number of amides is 2. The maximum atomic E-state index is 13.5. The van der Waals surface area contributed by atoms with E-state index in [1.54, 1.807) is 23.1 Å². The first kappa shape index (κ1) is 27.6. The van der Waals surface area contributed by atoms with Crippen molar-refractivity contribution in [3.63, 3.8) is 0 Å². The average molecular weight is 544 g/mol. The van der Waals surface area contributed by atoms with E-state index in [-0.39, 0.29) is 28.9 Å². The van der Waals surface area contributed by atoms with Crippen LogP contribution >= 0.6 is 0 Å². The van der Waals surface area contributed by atoms with E-state index < -0.39 is 17.6 Å². The molecule has 39 heavy (non-hydrogen) atoms. The molecule has 1 aliphatic heterocycles. The van der Waals surface area contributed by atoms with Gasteiger partial charge in [0.1, 0.15) is 17.1 Å². The van der Waals surface area contributed by atoms with E-state index in [1.165, 1.54) is 25.3 Å². The van der Waals surface area contributed by atoms with Crippen molar-refractivity contribution >= 4 is 35.0 Å². The van der Waals surface area contributed by atoms with Gasteiger partial charge in [-0.1, -0.05) is 12.1 Å². The fourth-order valence-corrected chi connectivity index (χ4v) is 4.26. The number of benzene rings is 2. The average Bonchev–Trinajstić information content (AvgIpc) is 3.39. The molecule has 0 bridgehead atoms. The van der Waals surface area contributed by atoms with E-state index in [0.29, 0.717) is 36.1 Å². The van der Waals surface area contributed by atoms with Gasteiger partial charge < -0.3 is 30.9 Å². The monoisotopic (exact) mass is 543 g/mol. The highest BCUT2D eigenvalue weighted by atomic mass is 19.4. The Morgan fingerprint density at radius 1 is 1.13 bits per heavy atom. The van der Waals surface area contributed by atoms with Crippen molar-refractivity contribution in [1.82, 2.24) is 19.8 Å². The molecule has 0 saturated carbocycles. The van der Waals surface area contributed by atoms with E-state index >= 15 is 0 Å². The maximum absolute atomic E-state index is 13.5. The number of methoxy groups -OCH3 is 1. The standard InChI is InChI=1S/C26H28F3N7O3/c1-35(2)16-10-11-36(14-16)24(38)15-8-9-20(21(12-15)39-3)33-25-31-13-17(22(30)37)23(34-25)32-19-7-5-4-6-18(19)26(27,28)29/h4-9,12-13,16H,10-11,14H2,1-3H3,(H2,30,37)(H2,31,32,33,34). The number of nitrogens with two attached hydrogens (primary N) is 1. The summed E-state index contributed by atoms with van der Waals surface area (Å²) in [6.45, 7) is 1.28. The topological polar surface area (TPSA) is 126 Å². The predicted octanol–water partition coefficient (Wildman–Crippen LogP) is 3.87. The summed E-state index contributed by atoms with van der Waals surface area (Å²) >= 11 is 0. The van der Waals surface area contributed by atoms with E-state index in [1.807, 2.05) is 14.1 Å². The summed E-state index contributed by atoms with van der Waals surface area (Å²) in [7, 11) is 5.40. The van der Waals surface area contributed by atoms with Crippen LogP contribution in [0.3, 0.4) is 0 Å². The van der Waals surface area contributed by atoms with Crippen LogP contribution in [-0.2, 0) is 6.18 Å². The van der Waals surface area contributed by atoms with Gasteiger partial charge in [0.05, 0.1) is 24.0 Å². The Kier molecular flexibility index (Phi) is 7.90. The van der Waals surface area contributed by atoms with Gasteiger partial charge in [-0.15, -0.1) is 0 Å². The largest absolute Gasteiger partial charge is 0.495 e. The van der Waals surface area contributed by atoms with Gasteiger partial charge in [0.15, 0.2) is 0 Å². The molecular formula is C26H28F3N7O3. The van der Waals surface area contributed by atoms with Crippen molar-refractivity contribution < 1.29 is 27.5 Å². The van der Waals surface area contributed by atoms with Gasteiger partial charge in [0.2, 0.25) is 5.95 Å². The SMILES string of the molecule is COc1cc(C(=O)N2CCC(N(C)C)C2)ccc1Nc1ncc(C(N)=O)c(Nc2ccccc2C(F)(F)F)n1. The minimum atomic E-state index is -4.64. The molecular weight excluding hydrogens is 515 g/mol. The lowest BCUT2D eigenvalue weighted by molar-refractivity contribution is -0.136. The van der Waals surface area contributed by atoms with Gasteiger partial charge in [-0.3, -0.25) is 9.59 Å². The molecule has 0 radical (unpaired) electrons. The third-order valence-corrected chi connectivity index (χ3v) is 6.42. The Balaban J connectivity index is 1.59. The fourth-order valence-electron chi connectivity index (χ4n) is 4.26. The molecule has 0 spiro atoms. The Morgan fingerprint density at radius 2 is 1.87 bits per heavy atom. The number of hydrogen-bond acceptors (Lipinski definition) is 8. The Hall–Kier alpha value is -4.39. The normalized spacial score (nSPS) is 15.4. The molecule has 206 valence electrons. The van der Waals surface area contributed by atoms with Crippen molar-refractivity contribution in [3.05, 3.63) is 65.4 Å². The van der Waals surface area contributed by atoms with Gasteiger partial charge in [-0.25, -0.2) is 4.98 Å². The Labute approximate surface area is 223 Å². The number of anilines is 4. The van der Waals surface area contributed by atoms with Crippen molar-refractivity contribution in [2.45, 2.75) is 18.6 Å². The van der Waals surface area contributed by atoms with Crippen molar-refractivity contribution in [2.24, 2.45) is 5.73 Å². The molecule has 4 rings (SSSR count).